The maximum Gasteiger partial charge on any atom is 0.305 e. The van der Waals surface area contributed by atoms with Gasteiger partial charge in [0, 0.05) is 12.8 Å². The number of hydrogen-bond acceptors (Lipinski definition) is 10. The number of unbranched alkanes of at least 4 members (excludes halogenated alkanes) is 26. The molecule has 1 aliphatic rings. The van der Waals surface area contributed by atoms with Crippen LogP contribution in [-0.4, -0.2) is 100 Å². The Labute approximate surface area is 371 Å². The molecule has 7 unspecified atom stereocenters. The van der Waals surface area contributed by atoms with E-state index in [1.807, 2.05) is 6.08 Å². The summed E-state index contributed by atoms with van der Waals surface area (Å²) in [7, 11) is 0. The molecule has 0 radical (unpaired) electrons. The van der Waals surface area contributed by atoms with Crippen LogP contribution in [-0.2, 0) is 23.8 Å². The molecule has 61 heavy (non-hydrogen) atoms. The molecule has 1 rings (SSSR count). The van der Waals surface area contributed by atoms with Gasteiger partial charge in [0.1, 0.15) is 24.4 Å². The minimum atomic E-state index is -1.58. The molecule has 7 atom stereocenters. The van der Waals surface area contributed by atoms with E-state index in [0.717, 1.165) is 70.6 Å². The topological polar surface area (TPSA) is 175 Å². The molecule has 0 aromatic rings. The molecule has 1 fully saturated rings. The first-order valence-electron chi connectivity index (χ1n) is 25.1. The van der Waals surface area contributed by atoms with Gasteiger partial charge in [-0.3, -0.25) is 9.59 Å². The van der Waals surface area contributed by atoms with Gasteiger partial charge in [-0.2, -0.15) is 0 Å². The Hall–Kier alpha value is -1.86. The van der Waals surface area contributed by atoms with Crippen molar-refractivity contribution < 1.29 is 49.3 Å². The summed E-state index contributed by atoms with van der Waals surface area (Å²) >= 11 is 0. The van der Waals surface area contributed by atoms with Crippen molar-refractivity contribution in [3.05, 3.63) is 24.3 Å². The average Bonchev–Trinajstić information content (AvgIpc) is 3.25. The fourth-order valence-electron chi connectivity index (χ4n) is 7.74. The summed E-state index contributed by atoms with van der Waals surface area (Å²) in [5.41, 5.74) is 0. The molecule has 0 spiro atoms. The summed E-state index contributed by atoms with van der Waals surface area (Å²) in [6.45, 7) is 4.21. The average molecular weight is 868 g/mol. The maximum atomic E-state index is 12.9. The van der Waals surface area contributed by atoms with Crippen LogP contribution in [0.1, 0.15) is 219 Å². The third-order valence-corrected chi connectivity index (χ3v) is 11.8. The number of carbonyl (C=O) groups is 2. The van der Waals surface area contributed by atoms with Crippen molar-refractivity contribution in [1.82, 2.24) is 5.32 Å². The fourth-order valence-corrected chi connectivity index (χ4v) is 7.74. The molecule has 0 saturated carbocycles. The highest BCUT2D eigenvalue weighted by Gasteiger charge is 2.44. The van der Waals surface area contributed by atoms with E-state index in [1.165, 1.54) is 122 Å². The predicted molar refractivity (Wildman–Crippen MR) is 246 cm³/mol. The first kappa shape index (κ1) is 57.2. The molecule has 11 heteroatoms. The number of ether oxygens (including phenoxy) is 3. The van der Waals surface area contributed by atoms with Gasteiger partial charge in [-0.25, -0.2) is 0 Å². The molecule has 1 saturated heterocycles. The molecular formula is C50H93NO10. The summed E-state index contributed by atoms with van der Waals surface area (Å²) in [4.78, 5) is 24.9. The van der Waals surface area contributed by atoms with Crippen LogP contribution in [0.5, 0.6) is 0 Å². The first-order valence-corrected chi connectivity index (χ1v) is 25.1. The van der Waals surface area contributed by atoms with Crippen molar-refractivity contribution in [1.29, 1.82) is 0 Å². The van der Waals surface area contributed by atoms with Crippen LogP contribution in [0, 0.1) is 0 Å². The highest BCUT2D eigenvalue weighted by molar-refractivity contribution is 5.76. The summed E-state index contributed by atoms with van der Waals surface area (Å²) in [6, 6.07) is -0.834. The van der Waals surface area contributed by atoms with Crippen LogP contribution in [0.3, 0.4) is 0 Å². The number of nitrogens with one attached hydrogen (secondary N) is 1. The summed E-state index contributed by atoms with van der Waals surface area (Å²) in [5, 5.41) is 54.0. The molecule has 11 nitrogen and oxygen atoms in total. The van der Waals surface area contributed by atoms with Crippen molar-refractivity contribution in [2.45, 2.75) is 262 Å². The van der Waals surface area contributed by atoms with Gasteiger partial charge in [0.25, 0.3) is 0 Å². The van der Waals surface area contributed by atoms with Gasteiger partial charge in [-0.05, 0) is 44.9 Å². The minimum absolute atomic E-state index is 0.0298. The van der Waals surface area contributed by atoms with Crippen LogP contribution in [0.2, 0.25) is 0 Å². The number of hydrogen-bond donors (Lipinski definition) is 6. The van der Waals surface area contributed by atoms with Crippen LogP contribution in [0.25, 0.3) is 0 Å². The van der Waals surface area contributed by atoms with E-state index in [4.69, 9.17) is 14.2 Å². The summed E-state index contributed by atoms with van der Waals surface area (Å²) in [5.74, 6) is -0.237. The second-order valence-electron chi connectivity index (χ2n) is 17.5. The van der Waals surface area contributed by atoms with E-state index in [-0.39, 0.29) is 18.5 Å². The van der Waals surface area contributed by atoms with Crippen molar-refractivity contribution in [2.75, 3.05) is 19.8 Å². The van der Waals surface area contributed by atoms with E-state index in [1.54, 1.807) is 6.08 Å². The Morgan fingerprint density at radius 1 is 0.590 bits per heavy atom. The van der Waals surface area contributed by atoms with Crippen molar-refractivity contribution in [2.24, 2.45) is 0 Å². The second-order valence-corrected chi connectivity index (χ2v) is 17.5. The van der Waals surface area contributed by atoms with Gasteiger partial charge in [0.15, 0.2) is 6.29 Å². The van der Waals surface area contributed by atoms with Crippen LogP contribution in [0.15, 0.2) is 24.3 Å². The number of carbonyl (C=O) groups excluding carboxylic acids is 2. The Morgan fingerprint density at radius 2 is 1.07 bits per heavy atom. The van der Waals surface area contributed by atoms with Gasteiger partial charge in [-0.15, -0.1) is 0 Å². The minimum Gasteiger partial charge on any atom is -0.466 e. The van der Waals surface area contributed by atoms with Crippen molar-refractivity contribution >= 4 is 11.9 Å². The van der Waals surface area contributed by atoms with Crippen molar-refractivity contribution in [3.8, 4) is 0 Å². The summed E-state index contributed by atoms with van der Waals surface area (Å²) < 4.78 is 16.6. The molecule has 358 valence electrons. The molecule has 0 aromatic carbocycles. The Bertz CT molecular complexity index is 1070. The zero-order valence-electron chi connectivity index (χ0n) is 38.9. The predicted octanol–water partition coefficient (Wildman–Crippen LogP) is 9.83. The van der Waals surface area contributed by atoms with Gasteiger partial charge in [0.2, 0.25) is 5.91 Å². The van der Waals surface area contributed by atoms with Crippen LogP contribution in [0.4, 0.5) is 0 Å². The Kier molecular flexibility index (Phi) is 38.3. The number of rotatable bonds is 42. The third kappa shape index (κ3) is 31.6. The lowest BCUT2D eigenvalue weighted by Crippen LogP contribution is -2.60. The van der Waals surface area contributed by atoms with Gasteiger partial charge < -0.3 is 45.1 Å². The lowest BCUT2D eigenvalue weighted by Gasteiger charge is -2.40. The monoisotopic (exact) mass is 868 g/mol. The Morgan fingerprint density at radius 3 is 1.62 bits per heavy atom. The maximum absolute atomic E-state index is 12.9. The van der Waals surface area contributed by atoms with Crippen LogP contribution >= 0.6 is 0 Å². The zero-order chi connectivity index (χ0) is 44.6. The molecule has 0 bridgehead atoms. The smallest absolute Gasteiger partial charge is 0.305 e. The largest absolute Gasteiger partial charge is 0.466 e. The molecule has 6 N–H and O–H groups in total. The molecule has 0 aliphatic carbocycles. The van der Waals surface area contributed by atoms with Crippen molar-refractivity contribution in [3.63, 3.8) is 0 Å². The summed E-state index contributed by atoms with van der Waals surface area (Å²) in [6.07, 6.45) is 35.5. The number of aliphatic hydroxyl groups excluding tert-OH is 5. The number of allylic oxidation sites excluding steroid dienone is 3. The molecule has 1 heterocycles. The number of aliphatic hydroxyl groups is 5. The van der Waals surface area contributed by atoms with E-state index >= 15 is 0 Å². The van der Waals surface area contributed by atoms with E-state index in [2.05, 4.69) is 31.3 Å². The quantitative estimate of drug-likeness (QED) is 0.0197. The third-order valence-electron chi connectivity index (χ3n) is 11.8. The molecule has 0 aromatic heterocycles. The van der Waals surface area contributed by atoms with E-state index in [0.29, 0.717) is 19.4 Å². The fraction of sp³-hybridized carbons (Fsp3) is 0.880. The zero-order valence-corrected chi connectivity index (χ0v) is 38.9. The number of esters is 1. The second kappa shape index (κ2) is 40.9. The van der Waals surface area contributed by atoms with Crippen LogP contribution < -0.4 is 5.32 Å². The van der Waals surface area contributed by atoms with Gasteiger partial charge in [-0.1, -0.05) is 186 Å². The SMILES string of the molecule is CCCCC/C=C/CC/C=C/C(O)C(COC1OC(CO)C(O)C(O)C1O)NC(=O)CCCCCCCCCCCCCCCOC(=O)CCCCCCCCCCCCC. The molecule has 1 amide bonds. The van der Waals surface area contributed by atoms with E-state index in [9.17, 15) is 35.1 Å². The highest BCUT2D eigenvalue weighted by Crippen LogP contribution is 2.23. The lowest BCUT2D eigenvalue weighted by molar-refractivity contribution is -0.302. The Balaban J connectivity index is 2.15. The van der Waals surface area contributed by atoms with E-state index < -0.39 is 49.5 Å². The highest BCUT2D eigenvalue weighted by atomic mass is 16.7. The van der Waals surface area contributed by atoms with Gasteiger partial charge >= 0.3 is 5.97 Å². The normalized spacial score (nSPS) is 20.4. The molecule has 1 aliphatic heterocycles. The number of amides is 1. The lowest BCUT2D eigenvalue weighted by atomic mass is 9.99. The molecular weight excluding hydrogens is 775 g/mol. The van der Waals surface area contributed by atoms with Gasteiger partial charge in [0.05, 0.1) is 32.0 Å². The standard InChI is InChI=1S/C50H93NO10/c1-3-5-7-9-11-13-17-22-26-30-34-38-46(55)59-39-35-31-27-23-19-16-14-15-18-21-25-29-33-37-45(54)51-42(43(53)36-32-28-24-20-12-10-8-6-4-2)41-60-50-49(58)48(57)47(56)44(40-52)61-50/h12,20,32,36,42-44,47-50,52-53,56-58H,3-11,13-19,21-31,33-35,37-41H2,1-2H3,(H,51,54)/b20-12+,36-32+. The first-order chi connectivity index (χ1) is 29.7.